The summed E-state index contributed by atoms with van der Waals surface area (Å²) in [7, 11) is -2.18. The molecule has 9 nitrogen and oxygen atoms in total. The highest BCUT2D eigenvalue weighted by atomic mass is 32.2. The molecule has 156 valence electrons. The Morgan fingerprint density at radius 3 is 2.43 bits per heavy atom. The fourth-order valence-corrected chi connectivity index (χ4v) is 3.74. The molecule has 1 fully saturated rings. The van der Waals surface area contributed by atoms with Crippen molar-refractivity contribution in [3.63, 3.8) is 0 Å². The smallest absolute Gasteiger partial charge is 0.307 e. The van der Waals surface area contributed by atoms with Crippen molar-refractivity contribution in [3.8, 4) is 0 Å². The van der Waals surface area contributed by atoms with Crippen LogP contribution in [-0.4, -0.2) is 69.2 Å². The Kier molecular flexibility index (Phi) is 8.51. The minimum atomic E-state index is -3.43. The van der Waals surface area contributed by atoms with E-state index in [2.05, 4.69) is 10.1 Å². The van der Waals surface area contributed by atoms with Crippen molar-refractivity contribution >= 4 is 28.4 Å². The molecular weight excluding hydrogens is 395 g/mol. The monoisotopic (exact) mass is 418 g/mol. The van der Waals surface area contributed by atoms with E-state index in [1.54, 1.807) is 18.2 Å². The molecule has 2 rings (SSSR count). The summed E-state index contributed by atoms with van der Waals surface area (Å²) in [5, 5.41) is 9.51. The quantitative estimate of drug-likeness (QED) is 0.471. The third-order valence-electron chi connectivity index (χ3n) is 4.24. The maximum absolute atomic E-state index is 14.0. The molecule has 1 saturated heterocycles. The number of benzene rings is 1. The number of carbonyl (C=O) groups is 3. The predicted molar refractivity (Wildman–Crippen MR) is 97.3 cm³/mol. The standard InChI is InChI=1S/C16H21FN2O5S.CH2O2/c1-24-14(20)7-8-18-15(21)16(10-19(11-16)25(2,22)23)9-12-5-3-4-6-13(12)17;2-1-3/h3-6H,7-11H2,1-2H3,(H,18,21);1H,(H,2,3). The van der Waals surface area contributed by atoms with Crippen LogP contribution in [-0.2, 0) is 35.6 Å². The fraction of sp³-hybridized carbons (Fsp3) is 0.471. The summed E-state index contributed by atoms with van der Waals surface area (Å²) in [6.07, 6.45) is 1.15. The molecule has 1 aliphatic heterocycles. The van der Waals surface area contributed by atoms with Crippen LogP contribution in [0.15, 0.2) is 24.3 Å². The van der Waals surface area contributed by atoms with Crippen LogP contribution in [0.2, 0.25) is 0 Å². The fourth-order valence-electron chi connectivity index (χ4n) is 2.77. The average Bonchev–Trinajstić information content (AvgIpc) is 2.58. The highest BCUT2D eigenvalue weighted by Gasteiger charge is 2.52. The van der Waals surface area contributed by atoms with E-state index in [1.165, 1.54) is 17.5 Å². The summed E-state index contributed by atoms with van der Waals surface area (Å²) in [4.78, 5) is 32.1. The molecule has 1 heterocycles. The van der Waals surface area contributed by atoms with Crippen molar-refractivity contribution in [1.29, 1.82) is 0 Å². The van der Waals surface area contributed by atoms with E-state index in [0.29, 0.717) is 5.56 Å². The summed E-state index contributed by atoms with van der Waals surface area (Å²) in [6, 6.07) is 6.08. The van der Waals surface area contributed by atoms with Gasteiger partial charge < -0.3 is 15.2 Å². The lowest BCUT2D eigenvalue weighted by Gasteiger charge is -2.47. The van der Waals surface area contributed by atoms with Crippen molar-refractivity contribution in [2.45, 2.75) is 12.8 Å². The molecule has 0 aliphatic carbocycles. The summed E-state index contributed by atoms with van der Waals surface area (Å²) in [6.45, 7) is -0.224. The lowest BCUT2D eigenvalue weighted by molar-refractivity contribution is -0.141. The molecule has 0 bridgehead atoms. The van der Waals surface area contributed by atoms with Crippen LogP contribution >= 0.6 is 0 Å². The maximum Gasteiger partial charge on any atom is 0.307 e. The first kappa shape index (κ1) is 23.5. The van der Waals surface area contributed by atoms with E-state index in [0.717, 1.165) is 6.26 Å². The molecule has 28 heavy (non-hydrogen) atoms. The summed E-state index contributed by atoms with van der Waals surface area (Å²) in [5.74, 6) is -1.31. The van der Waals surface area contributed by atoms with Gasteiger partial charge in [0.05, 0.1) is 25.2 Å². The normalized spacial score (nSPS) is 15.4. The number of carbonyl (C=O) groups excluding carboxylic acids is 2. The predicted octanol–water partition coefficient (Wildman–Crippen LogP) is 0.00990. The minimum Gasteiger partial charge on any atom is -0.483 e. The number of amides is 1. The Labute approximate surface area is 162 Å². The number of hydrogen-bond acceptors (Lipinski definition) is 6. The molecule has 1 aliphatic rings. The van der Waals surface area contributed by atoms with E-state index >= 15 is 0 Å². The third kappa shape index (κ3) is 6.27. The first-order valence-corrected chi connectivity index (χ1v) is 10.1. The second-order valence-electron chi connectivity index (χ2n) is 6.27. The Hall–Kier alpha value is -2.53. The number of nitrogens with one attached hydrogen (secondary N) is 1. The zero-order chi connectivity index (χ0) is 21.4. The van der Waals surface area contributed by atoms with E-state index in [9.17, 15) is 22.4 Å². The van der Waals surface area contributed by atoms with Crippen LogP contribution in [0.3, 0.4) is 0 Å². The number of sulfonamides is 1. The minimum absolute atomic E-state index is 0.00775. The topological polar surface area (TPSA) is 130 Å². The summed E-state index contributed by atoms with van der Waals surface area (Å²) < 4.78 is 42.9. The number of ether oxygens (including phenoxy) is 1. The molecule has 0 atom stereocenters. The lowest BCUT2D eigenvalue weighted by Crippen LogP contribution is -2.65. The Morgan fingerprint density at radius 2 is 1.93 bits per heavy atom. The van der Waals surface area contributed by atoms with Gasteiger partial charge in [-0.05, 0) is 18.1 Å². The third-order valence-corrected chi connectivity index (χ3v) is 5.43. The molecule has 1 aromatic rings. The zero-order valence-corrected chi connectivity index (χ0v) is 16.4. The van der Waals surface area contributed by atoms with Crippen LogP contribution < -0.4 is 5.32 Å². The Morgan fingerprint density at radius 1 is 1.36 bits per heavy atom. The van der Waals surface area contributed by atoms with E-state index < -0.39 is 33.1 Å². The first-order valence-electron chi connectivity index (χ1n) is 8.21. The molecule has 0 radical (unpaired) electrons. The molecule has 1 amide bonds. The van der Waals surface area contributed by atoms with Gasteiger partial charge >= 0.3 is 5.97 Å². The van der Waals surface area contributed by atoms with Gasteiger partial charge in [0.1, 0.15) is 5.82 Å². The highest BCUT2D eigenvalue weighted by Crippen LogP contribution is 2.36. The molecule has 11 heteroatoms. The van der Waals surface area contributed by atoms with Gasteiger partial charge in [0.2, 0.25) is 15.9 Å². The van der Waals surface area contributed by atoms with Gasteiger partial charge in [0, 0.05) is 19.6 Å². The molecule has 0 spiro atoms. The average molecular weight is 418 g/mol. The number of nitrogens with zero attached hydrogens (tertiary/aromatic N) is 1. The van der Waals surface area contributed by atoms with Crippen molar-refractivity contribution in [1.82, 2.24) is 9.62 Å². The molecule has 1 aromatic carbocycles. The van der Waals surface area contributed by atoms with Crippen molar-refractivity contribution in [3.05, 3.63) is 35.6 Å². The van der Waals surface area contributed by atoms with Gasteiger partial charge in [0.25, 0.3) is 6.47 Å². The molecule has 0 unspecified atom stereocenters. The number of hydrogen-bond donors (Lipinski definition) is 2. The van der Waals surface area contributed by atoms with Crippen LogP contribution in [0.5, 0.6) is 0 Å². The second kappa shape index (κ2) is 10.1. The van der Waals surface area contributed by atoms with Crippen molar-refractivity contribution in [2.75, 3.05) is 33.0 Å². The summed E-state index contributed by atoms with van der Waals surface area (Å²) in [5.41, 5.74) is -0.708. The number of rotatable bonds is 7. The van der Waals surface area contributed by atoms with Gasteiger partial charge in [0.15, 0.2) is 0 Å². The van der Waals surface area contributed by atoms with E-state index in [1.807, 2.05) is 0 Å². The van der Waals surface area contributed by atoms with Gasteiger partial charge in [-0.15, -0.1) is 0 Å². The van der Waals surface area contributed by atoms with Gasteiger partial charge in [-0.2, -0.15) is 4.31 Å². The van der Waals surface area contributed by atoms with E-state index in [4.69, 9.17) is 9.90 Å². The number of carboxylic acid groups (broad SMARTS) is 1. The number of methoxy groups -OCH3 is 1. The Bertz CT molecular complexity index is 807. The van der Waals surface area contributed by atoms with E-state index in [-0.39, 0.29) is 38.9 Å². The number of halogens is 1. The maximum atomic E-state index is 14.0. The van der Waals surface area contributed by atoms with Crippen LogP contribution in [0.4, 0.5) is 4.39 Å². The highest BCUT2D eigenvalue weighted by molar-refractivity contribution is 7.88. The Balaban J connectivity index is 0.00000122. The molecule has 0 saturated carbocycles. The van der Waals surface area contributed by atoms with Crippen LogP contribution in [0.1, 0.15) is 12.0 Å². The van der Waals surface area contributed by atoms with Crippen LogP contribution in [0, 0.1) is 11.2 Å². The largest absolute Gasteiger partial charge is 0.483 e. The lowest BCUT2D eigenvalue weighted by atomic mass is 9.75. The second-order valence-corrected chi connectivity index (χ2v) is 8.25. The van der Waals surface area contributed by atoms with Crippen molar-refractivity contribution < 1.29 is 37.0 Å². The van der Waals surface area contributed by atoms with Gasteiger partial charge in [-0.25, -0.2) is 12.8 Å². The molecule has 0 aromatic heterocycles. The summed E-state index contributed by atoms with van der Waals surface area (Å²) >= 11 is 0. The van der Waals surface area contributed by atoms with Crippen molar-refractivity contribution in [2.24, 2.45) is 5.41 Å². The molecule has 2 N–H and O–H groups in total. The SMILES string of the molecule is COC(=O)CCNC(=O)C1(Cc2ccccc2F)CN(S(C)(=O)=O)C1.O=CO. The van der Waals surface area contributed by atoms with Gasteiger partial charge in [-0.1, -0.05) is 18.2 Å². The van der Waals surface area contributed by atoms with Crippen LogP contribution in [0.25, 0.3) is 0 Å². The first-order chi connectivity index (χ1) is 13.1. The van der Waals surface area contributed by atoms with Gasteiger partial charge in [-0.3, -0.25) is 14.4 Å². The molecular formula is C17H23FN2O7S. The number of esters is 1. The zero-order valence-electron chi connectivity index (χ0n) is 15.6.